The molecule has 1 heterocycles. The molecule has 0 N–H and O–H groups in total. The van der Waals surface area contributed by atoms with Gasteiger partial charge in [-0.3, -0.25) is 4.90 Å². The summed E-state index contributed by atoms with van der Waals surface area (Å²) < 4.78 is 18.9. The number of benzene rings is 1. The molecule has 4 nitrogen and oxygen atoms in total. The summed E-state index contributed by atoms with van der Waals surface area (Å²) >= 11 is 0. The van der Waals surface area contributed by atoms with Crippen LogP contribution in [0.15, 0.2) is 12.1 Å². The molecule has 0 saturated heterocycles. The lowest BCUT2D eigenvalue weighted by atomic mass is 9.51. The van der Waals surface area contributed by atoms with Crippen LogP contribution < -0.4 is 9.47 Å². The van der Waals surface area contributed by atoms with Crippen LogP contribution in [-0.2, 0) is 16.6 Å². The van der Waals surface area contributed by atoms with Crippen LogP contribution in [0.25, 0.3) is 0 Å². The van der Waals surface area contributed by atoms with E-state index >= 15 is 0 Å². The Bertz CT molecular complexity index is 745. The van der Waals surface area contributed by atoms with E-state index in [1.807, 2.05) is 7.11 Å². The second-order valence-electron chi connectivity index (χ2n) is 9.15. The molecule has 0 aromatic heterocycles. The van der Waals surface area contributed by atoms with Gasteiger partial charge in [0.05, 0.1) is 18.1 Å². The fourth-order valence-electron chi connectivity index (χ4n) is 6.82. The standard InChI is InChI=1S/C23H33NO3/c1-5-22-19-7-6-12-23(22,26-4)18(24(2)14-15-8-9-15)13-16-10-11-17(25-3)21(27-19)20(16)22/h10-11,15,18-19H,5-9,12-14H2,1-4H3/t18-,19?,22-,23-/m0/s1. The molecule has 2 fully saturated rings. The maximum absolute atomic E-state index is 6.64. The highest BCUT2D eigenvalue weighted by Gasteiger charge is 2.69. The minimum atomic E-state index is -0.182. The lowest BCUT2D eigenvalue weighted by molar-refractivity contribution is -0.175. The average Bonchev–Trinajstić information content (AvgIpc) is 3.43. The number of hydrogen-bond acceptors (Lipinski definition) is 4. The molecule has 0 bridgehead atoms. The van der Waals surface area contributed by atoms with Crippen LogP contribution >= 0.6 is 0 Å². The van der Waals surface area contributed by atoms with Gasteiger partial charge < -0.3 is 14.2 Å². The molecule has 1 aliphatic heterocycles. The van der Waals surface area contributed by atoms with Crippen LogP contribution in [0, 0.1) is 5.92 Å². The summed E-state index contributed by atoms with van der Waals surface area (Å²) in [5.41, 5.74) is 2.59. The number of hydrogen-bond donors (Lipinski definition) is 0. The Hall–Kier alpha value is -1.26. The molecule has 3 aliphatic carbocycles. The van der Waals surface area contributed by atoms with Gasteiger partial charge in [-0.1, -0.05) is 13.0 Å². The van der Waals surface area contributed by atoms with Crippen LogP contribution in [0.2, 0.25) is 0 Å². The summed E-state index contributed by atoms with van der Waals surface area (Å²) in [7, 11) is 6.02. The molecule has 0 amide bonds. The van der Waals surface area contributed by atoms with Crippen LogP contribution in [0.3, 0.4) is 0 Å². The number of rotatable bonds is 6. The summed E-state index contributed by atoms with van der Waals surface area (Å²) in [6, 6.07) is 4.79. The van der Waals surface area contributed by atoms with Gasteiger partial charge in [0.2, 0.25) is 0 Å². The van der Waals surface area contributed by atoms with Crippen molar-refractivity contribution in [3.8, 4) is 11.5 Å². The minimum absolute atomic E-state index is 0.0695. The molecular formula is C23H33NO3. The van der Waals surface area contributed by atoms with Gasteiger partial charge in [-0.2, -0.15) is 0 Å². The molecule has 2 saturated carbocycles. The van der Waals surface area contributed by atoms with E-state index in [1.54, 1.807) is 7.11 Å². The number of nitrogens with zero attached hydrogens (tertiary/aromatic N) is 1. The molecule has 0 spiro atoms. The fourth-order valence-corrected chi connectivity index (χ4v) is 6.82. The van der Waals surface area contributed by atoms with Gasteiger partial charge >= 0.3 is 0 Å². The van der Waals surface area contributed by atoms with Crippen LogP contribution in [0.1, 0.15) is 56.6 Å². The average molecular weight is 372 g/mol. The first-order valence-corrected chi connectivity index (χ1v) is 10.7. The molecule has 27 heavy (non-hydrogen) atoms. The predicted octanol–water partition coefficient (Wildman–Crippen LogP) is 3.94. The molecule has 1 aromatic carbocycles. The topological polar surface area (TPSA) is 30.9 Å². The van der Waals surface area contributed by atoms with Gasteiger partial charge in [0.1, 0.15) is 6.10 Å². The molecule has 1 unspecified atom stereocenters. The molecule has 4 heteroatoms. The van der Waals surface area contributed by atoms with Gasteiger partial charge in [0, 0.05) is 25.3 Å². The molecule has 1 aromatic rings. The molecular weight excluding hydrogens is 338 g/mol. The van der Waals surface area contributed by atoms with Gasteiger partial charge in [-0.15, -0.1) is 0 Å². The highest BCUT2D eigenvalue weighted by atomic mass is 16.5. The Labute approximate surface area is 163 Å². The van der Waals surface area contributed by atoms with Crippen molar-refractivity contribution in [1.82, 2.24) is 4.90 Å². The zero-order valence-electron chi connectivity index (χ0n) is 17.2. The lowest BCUT2D eigenvalue weighted by Crippen LogP contribution is -2.71. The number of likely N-dealkylation sites (N-methyl/N-ethyl adjacent to an activating group) is 1. The van der Waals surface area contributed by atoms with Crippen molar-refractivity contribution in [3.63, 3.8) is 0 Å². The van der Waals surface area contributed by atoms with E-state index in [-0.39, 0.29) is 17.1 Å². The van der Waals surface area contributed by atoms with E-state index in [4.69, 9.17) is 14.2 Å². The zero-order valence-corrected chi connectivity index (χ0v) is 17.2. The summed E-state index contributed by atoms with van der Waals surface area (Å²) in [6.45, 7) is 3.52. The second kappa shape index (κ2) is 6.12. The largest absolute Gasteiger partial charge is 0.493 e. The van der Waals surface area contributed by atoms with Crippen LogP contribution in [-0.4, -0.2) is 50.5 Å². The highest BCUT2D eigenvalue weighted by Crippen LogP contribution is 2.64. The van der Waals surface area contributed by atoms with Crippen molar-refractivity contribution in [1.29, 1.82) is 0 Å². The van der Waals surface area contributed by atoms with E-state index in [9.17, 15) is 0 Å². The molecule has 148 valence electrons. The van der Waals surface area contributed by atoms with E-state index < -0.39 is 0 Å². The van der Waals surface area contributed by atoms with E-state index in [1.165, 1.54) is 36.9 Å². The van der Waals surface area contributed by atoms with Crippen molar-refractivity contribution < 1.29 is 14.2 Å². The number of ether oxygens (including phenoxy) is 3. The van der Waals surface area contributed by atoms with Gasteiger partial charge in [-0.05, 0) is 69.5 Å². The van der Waals surface area contributed by atoms with Gasteiger partial charge in [-0.25, -0.2) is 0 Å². The zero-order chi connectivity index (χ0) is 18.8. The van der Waals surface area contributed by atoms with Gasteiger partial charge in [0.15, 0.2) is 11.5 Å². The molecule has 0 radical (unpaired) electrons. The molecule has 4 atom stereocenters. The summed E-state index contributed by atoms with van der Waals surface area (Å²) in [5.74, 6) is 2.76. The summed E-state index contributed by atoms with van der Waals surface area (Å²) in [6.07, 6.45) is 8.45. The van der Waals surface area contributed by atoms with Crippen molar-refractivity contribution in [3.05, 3.63) is 23.3 Å². The van der Waals surface area contributed by atoms with E-state index in [0.717, 1.165) is 43.1 Å². The van der Waals surface area contributed by atoms with Crippen molar-refractivity contribution in [2.45, 2.75) is 75.0 Å². The van der Waals surface area contributed by atoms with Gasteiger partial charge in [0.25, 0.3) is 0 Å². The molecule has 4 aliphatic rings. The fraction of sp³-hybridized carbons (Fsp3) is 0.739. The summed E-state index contributed by atoms with van der Waals surface area (Å²) in [4.78, 5) is 2.62. The first-order chi connectivity index (χ1) is 13.1. The normalized spacial score (nSPS) is 36.5. The second-order valence-corrected chi connectivity index (χ2v) is 9.15. The third-order valence-corrected chi connectivity index (χ3v) is 8.10. The maximum atomic E-state index is 6.64. The summed E-state index contributed by atoms with van der Waals surface area (Å²) in [5, 5.41) is 0. The highest BCUT2D eigenvalue weighted by molar-refractivity contribution is 5.62. The smallest absolute Gasteiger partial charge is 0.165 e. The number of methoxy groups -OCH3 is 2. The Morgan fingerprint density at radius 2 is 2.04 bits per heavy atom. The van der Waals surface area contributed by atoms with E-state index in [0.29, 0.717) is 6.04 Å². The first-order valence-electron chi connectivity index (χ1n) is 10.7. The van der Waals surface area contributed by atoms with Crippen LogP contribution in [0.5, 0.6) is 11.5 Å². The third kappa shape index (κ3) is 2.17. The first kappa shape index (κ1) is 17.8. The Kier molecular flexibility index (Phi) is 4.04. The monoisotopic (exact) mass is 371 g/mol. The lowest BCUT2D eigenvalue weighted by Gasteiger charge is -2.60. The predicted molar refractivity (Wildman–Crippen MR) is 106 cm³/mol. The Balaban J connectivity index is 1.71. The third-order valence-electron chi connectivity index (χ3n) is 8.10. The minimum Gasteiger partial charge on any atom is -0.493 e. The quantitative estimate of drug-likeness (QED) is 0.758. The Morgan fingerprint density at radius 1 is 1.22 bits per heavy atom. The molecule has 5 rings (SSSR count). The van der Waals surface area contributed by atoms with Crippen LogP contribution in [0.4, 0.5) is 0 Å². The van der Waals surface area contributed by atoms with Crippen molar-refractivity contribution in [2.24, 2.45) is 5.92 Å². The van der Waals surface area contributed by atoms with Crippen molar-refractivity contribution >= 4 is 0 Å². The van der Waals surface area contributed by atoms with E-state index in [2.05, 4.69) is 31.0 Å². The Morgan fingerprint density at radius 3 is 2.70 bits per heavy atom. The van der Waals surface area contributed by atoms with Crippen molar-refractivity contribution in [2.75, 3.05) is 27.8 Å². The SMILES string of the molecule is CC[C@@]12c3c4ccc(OC)c3OC1CCC[C@]2(OC)[C@@H](N(C)CC1CC1)C4. The maximum Gasteiger partial charge on any atom is 0.165 e.